The van der Waals surface area contributed by atoms with Crippen LogP contribution in [0.15, 0.2) is 4.99 Å². The minimum atomic E-state index is -0.887. The molecule has 1 aliphatic carbocycles. The van der Waals surface area contributed by atoms with Crippen molar-refractivity contribution in [2.24, 2.45) is 22.7 Å². The van der Waals surface area contributed by atoms with Crippen molar-refractivity contribution in [3.63, 3.8) is 0 Å². The Morgan fingerprint density at radius 2 is 2.00 bits per heavy atom. The molecule has 21 heavy (non-hydrogen) atoms. The summed E-state index contributed by atoms with van der Waals surface area (Å²) in [4.78, 5) is 4.48. The molecular weight excluding hydrogens is 286 g/mol. The Labute approximate surface area is 131 Å². The molecular formula is C16H25NO3S. The predicted molar refractivity (Wildman–Crippen MR) is 83.0 cm³/mol. The SMILES string of the molecule is CC(C)[C@H]1CC[C@@](C)(N=C=S)[C@H]2CC[C@@]3(C)O[C@H](O)[C@@]12O3. The van der Waals surface area contributed by atoms with Crippen LogP contribution in [0, 0.1) is 17.8 Å². The molecule has 3 aliphatic rings. The maximum Gasteiger partial charge on any atom is 0.188 e. The summed E-state index contributed by atoms with van der Waals surface area (Å²) in [7, 11) is 0. The third-order valence-electron chi connectivity index (χ3n) is 5.97. The van der Waals surface area contributed by atoms with E-state index in [1.165, 1.54) is 0 Å². The molecule has 2 saturated heterocycles. The van der Waals surface area contributed by atoms with Crippen molar-refractivity contribution in [1.82, 2.24) is 0 Å². The lowest BCUT2D eigenvalue weighted by Crippen LogP contribution is -2.65. The van der Waals surface area contributed by atoms with E-state index in [0.717, 1.165) is 25.7 Å². The van der Waals surface area contributed by atoms with Crippen LogP contribution in [0.25, 0.3) is 0 Å². The Kier molecular flexibility index (Phi) is 3.59. The fraction of sp³-hybridized carbons (Fsp3) is 0.938. The summed E-state index contributed by atoms with van der Waals surface area (Å²) in [5.41, 5.74) is -0.979. The molecule has 118 valence electrons. The molecule has 0 unspecified atom stereocenters. The molecule has 1 spiro atoms. The van der Waals surface area contributed by atoms with Gasteiger partial charge in [0.1, 0.15) is 5.60 Å². The number of aliphatic imine (C=N–C) groups is 1. The van der Waals surface area contributed by atoms with Crippen molar-refractivity contribution in [1.29, 1.82) is 0 Å². The largest absolute Gasteiger partial charge is 0.365 e. The average Bonchev–Trinajstić information content (AvgIpc) is 2.55. The first-order valence-corrected chi connectivity index (χ1v) is 8.33. The molecule has 2 heterocycles. The summed E-state index contributed by atoms with van der Waals surface area (Å²) in [6.45, 7) is 8.45. The van der Waals surface area contributed by atoms with Gasteiger partial charge in [-0.1, -0.05) is 13.8 Å². The van der Waals surface area contributed by atoms with Crippen LogP contribution in [0.2, 0.25) is 0 Å². The van der Waals surface area contributed by atoms with E-state index in [-0.39, 0.29) is 17.4 Å². The second-order valence-electron chi connectivity index (χ2n) is 7.60. The molecule has 2 bridgehead atoms. The Morgan fingerprint density at radius 1 is 1.29 bits per heavy atom. The van der Waals surface area contributed by atoms with Gasteiger partial charge in [0.25, 0.3) is 0 Å². The van der Waals surface area contributed by atoms with E-state index in [4.69, 9.17) is 21.7 Å². The Morgan fingerprint density at radius 3 is 2.62 bits per heavy atom. The normalized spacial score (nSPS) is 52.4. The summed E-state index contributed by atoms with van der Waals surface area (Å²) in [5, 5.41) is 13.3. The Bertz CT molecular complexity index is 492. The van der Waals surface area contributed by atoms with E-state index in [0.29, 0.717) is 5.92 Å². The van der Waals surface area contributed by atoms with Crippen LogP contribution in [-0.2, 0) is 9.47 Å². The number of nitrogens with zero attached hydrogens (tertiary/aromatic N) is 1. The minimum absolute atomic E-state index is 0.118. The van der Waals surface area contributed by atoms with Crippen LogP contribution in [0.4, 0.5) is 0 Å². The van der Waals surface area contributed by atoms with Crippen molar-refractivity contribution in [3.8, 4) is 0 Å². The quantitative estimate of drug-likeness (QED) is 0.629. The summed E-state index contributed by atoms with van der Waals surface area (Å²) < 4.78 is 12.2. The number of aliphatic hydroxyl groups excluding tert-OH is 1. The standard InChI is InChI=1S/C16H25NO3S/c1-10(2)11-5-7-14(3,17-9-21)12-6-8-15(4)19-13(18)16(11,12)20-15/h10-13,18H,5-8H2,1-4H3/t11-,12-,13+,14-,15+,16-/m1/s1. The molecule has 6 atom stereocenters. The lowest BCUT2D eigenvalue weighted by atomic mass is 9.55. The van der Waals surface area contributed by atoms with Crippen molar-refractivity contribution in [2.45, 2.75) is 76.6 Å². The lowest BCUT2D eigenvalue weighted by Gasteiger charge is -2.57. The van der Waals surface area contributed by atoms with Crippen molar-refractivity contribution in [3.05, 3.63) is 0 Å². The van der Waals surface area contributed by atoms with Gasteiger partial charge in [0.15, 0.2) is 12.1 Å². The molecule has 1 saturated carbocycles. The first kappa shape index (κ1) is 15.6. The topological polar surface area (TPSA) is 51.0 Å². The van der Waals surface area contributed by atoms with E-state index in [2.05, 4.69) is 30.9 Å². The van der Waals surface area contributed by atoms with Gasteiger partial charge >= 0.3 is 0 Å². The van der Waals surface area contributed by atoms with Gasteiger partial charge in [-0.25, -0.2) is 4.99 Å². The second-order valence-corrected chi connectivity index (χ2v) is 7.78. The molecule has 0 radical (unpaired) electrons. The van der Waals surface area contributed by atoms with Crippen LogP contribution >= 0.6 is 12.2 Å². The van der Waals surface area contributed by atoms with Crippen molar-refractivity contribution in [2.75, 3.05) is 0 Å². The molecule has 0 aromatic rings. The number of hydrogen-bond acceptors (Lipinski definition) is 5. The monoisotopic (exact) mass is 311 g/mol. The highest BCUT2D eigenvalue weighted by Crippen LogP contribution is 2.61. The molecule has 3 fully saturated rings. The maximum absolute atomic E-state index is 10.7. The molecule has 2 aliphatic heterocycles. The van der Waals surface area contributed by atoms with Crippen LogP contribution in [-0.4, -0.2) is 33.5 Å². The third-order valence-corrected chi connectivity index (χ3v) is 6.06. The fourth-order valence-corrected chi connectivity index (χ4v) is 5.22. The Balaban J connectivity index is 2.10. The zero-order chi connectivity index (χ0) is 15.5. The molecule has 0 aromatic carbocycles. The fourth-order valence-electron chi connectivity index (χ4n) is 5.02. The number of rotatable bonds is 2. The molecule has 3 rings (SSSR count). The highest BCUT2D eigenvalue weighted by molar-refractivity contribution is 7.78. The number of hydrogen-bond donors (Lipinski definition) is 1. The second kappa shape index (κ2) is 4.84. The van der Waals surface area contributed by atoms with E-state index in [9.17, 15) is 5.11 Å². The maximum atomic E-state index is 10.7. The van der Waals surface area contributed by atoms with Gasteiger partial charge in [-0.2, -0.15) is 0 Å². The molecule has 0 aromatic heterocycles. The first-order valence-electron chi connectivity index (χ1n) is 7.92. The van der Waals surface area contributed by atoms with Gasteiger partial charge in [0, 0.05) is 12.3 Å². The van der Waals surface area contributed by atoms with Crippen LogP contribution in [0.5, 0.6) is 0 Å². The van der Waals surface area contributed by atoms with Crippen LogP contribution in [0.3, 0.4) is 0 Å². The predicted octanol–water partition coefficient (Wildman–Crippen LogP) is 3.14. The smallest absolute Gasteiger partial charge is 0.188 e. The van der Waals surface area contributed by atoms with Gasteiger partial charge in [0.2, 0.25) is 0 Å². The highest BCUT2D eigenvalue weighted by atomic mass is 32.1. The molecule has 1 N–H and O–H groups in total. The van der Waals surface area contributed by atoms with E-state index in [1.54, 1.807) is 0 Å². The third kappa shape index (κ3) is 2.06. The molecule has 5 heteroatoms. The summed E-state index contributed by atoms with van der Waals surface area (Å²) in [6.07, 6.45) is 2.75. The zero-order valence-electron chi connectivity index (χ0n) is 13.3. The number of aliphatic hydroxyl groups is 1. The minimum Gasteiger partial charge on any atom is -0.365 e. The van der Waals surface area contributed by atoms with Gasteiger partial charge in [0.05, 0.1) is 10.7 Å². The molecule has 0 amide bonds. The van der Waals surface area contributed by atoms with E-state index < -0.39 is 17.7 Å². The lowest BCUT2D eigenvalue weighted by molar-refractivity contribution is -0.253. The highest BCUT2D eigenvalue weighted by Gasteiger charge is 2.70. The van der Waals surface area contributed by atoms with Gasteiger partial charge < -0.3 is 14.6 Å². The summed E-state index contributed by atoms with van der Waals surface area (Å²) >= 11 is 4.86. The number of isothiocyanates is 1. The van der Waals surface area contributed by atoms with Crippen molar-refractivity contribution < 1.29 is 14.6 Å². The van der Waals surface area contributed by atoms with E-state index >= 15 is 0 Å². The van der Waals surface area contributed by atoms with Crippen molar-refractivity contribution >= 4 is 17.4 Å². The average molecular weight is 311 g/mol. The van der Waals surface area contributed by atoms with Crippen LogP contribution in [0.1, 0.15) is 53.4 Å². The zero-order valence-corrected chi connectivity index (χ0v) is 14.1. The van der Waals surface area contributed by atoms with Gasteiger partial charge in [-0.05, 0) is 57.2 Å². The van der Waals surface area contributed by atoms with Crippen LogP contribution < -0.4 is 0 Å². The molecule has 4 nitrogen and oxygen atoms in total. The van der Waals surface area contributed by atoms with Gasteiger partial charge in [-0.3, -0.25) is 0 Å². The Hall–Kier alpha value is -0.320. The first-order chi connectivity index (χ1) is 9.77. The van der Waals surface area contributed by atoms with Gasteiger partial charge in [-0.15, -0.1) is 0 Å². The number of ether oxygens (including phenoxy) is 2. The summed E-state index contributed by atoms with van der Waals surface area (Å²) in [6, 6.07) is 0. The summed E-state index contributed by atoms with van der Waals surface area (Å²) in [5.74, 6) is 0.148. The number of thiocarbonyl (C=S) groups is 1. The van der Waals surface area contributed by atoms with E-state index in [1.807, 2.05) is 6.92 Å². The number of fused-ring (bicyclic) bond motifs is 1.